The average Bonchev–Trinajstić information content (AvgIpc) is 2.86. The first-order chi connectivity index (χ1) is 10.3. The van der Waals surface area contributed by atoms with Crippen molar-refractivity contribution in [3.63, 3.8) is 0 Å². The highest BCUT2D eigenvalue weighted by Crippen LogP contribution is 2.25. The summed E-state index contributed by atoms with van der Waals surface area (Å²) in [5, 5.41) is 10.9. The molecule has 9 heteroatoms. The number of aromatic nitrogens is 2. The molecular weight excluding hydrogens is 292 g/mol. The predicted molar refractivity (Wildman–Crippen MR) is 75.5 cm³/mol. The number of carbonyl (C=O) groups excluding carboxylic acids is 1. The maximum atomic E-state index is 11.9. The zero-order chi connectivity index (χ0) is 16.3. The van der Waals surface area contributed by atoms with E-state index in [2.05, 4.69) is 9.97 Å². The number of rotatable bonds is 3. The molecular formula is C13H18N4O5. The Morgan fingerprint density at radius 3 is 2.86 bits per heavy atom. The summed E-state index contributed by atoms with van der Waals surface area (Å²) in [7, 11) is 0. The van der Waals surface area contributed by atoms with Crippen molar-refractivity contribution in [3.05, 3.63) is 22.6 Å². The Morgan fingerprint density at radius 2 is 2.23 bits per heavy atom. The lowest BCUT2D eigenvalue weighted by Gasteiger charge is -2.24. The van der Waals surface area contributed by atoms with E-state index < -0.39 is 16.6 Å². The Kier molecular flexibility index (Phi) is 4.43. The van der Waals surface area contributed by atoms with Crippen LogP contribution in [-0.2, 0) is 4.74 Å². The molecule has 0 bridgehead atoms. The van der Waals surface area contributed by atoms with Crippen molar-refractivity contribution >= 4 is 11.8 Å². The van der Waals surface area contributed by atoms with Crippen molar-refractivity contribution in [3.8, 4) is 5.88 Å². The minimum absolute atomic E-state index is 0.0870. The highest BCUT2D eigenvalue weighted by Gasteiger charge is 2.32. The van der Waals surface area contributed by atoms with Crippen LogP contribution in [0, 0.1) is 10.1 Å². The standard InChI is InChI=1S/C13H18N4O5/c1-13(2,3)22-12(18)16-5-4-9(7-16)21-11-10(17(19)20)6-14-8-15-11/h6,8-9H,4-5,7H2,1-3H3/t9-/m0/s1. The number of likely N-dealkylation sites (tertiary alicyclic amines) is 1. The summed E-state index contributed by atoms with van der Waals surface area (Å²) < 4.78 is 10.8. The van der Waals surface area contributed by atoms with Gasteiger partial charge in [0.25, 0.3) is 5.88 Å². The molecule has 22 heavy (non-hydrogen) atoms. The van der Waals surface area contributed by atoms with Crippen molar-refractivity contribution in [2.75, 3.05) is 13.1 Å². The van der Waals surface area contributed by atoms with E-state index in [1.54, 1.807) is 20.8 Å². The number of nitrogens with zero attached hydrogens (tertiary/aromatic N) is 4. The predicted octanol–water partition coefficient (Wildman–Crippen LogP) is 1.77. The van der Waals surface area contributed by atoms with E-state index in [4.69, 9.17) is 9.47 Å². The molecule has 1 saturated heterocycles. The molecule has 0 unspecified atom stereocenters. The van der Waals surface area contributed by atoms with Crippen LogP contribution in [0.3, 0.4) is 0 Å². The third kappa shape index (κ3) is 4.03. The monoisotopic (exact) mass is 310 g/mol. The van der Waals surface area contributed by atoms with Gasteiger partial charge in [-0.25, -0.2) is 9.78 Å². The number of hydrogen-bond donors (Lipinski definition) is 0. The third-order valence-electron chi connectivity index (χ3n) is 2.93. The molecule has 1 aromatic heterocycles. The van der Waals surface area contributed by atoms with E-state index in [1.807, 2.05) is 0 Å². The Bertz CT molecular complexity index is 572. The molecule has 9 nitrogen and oxygen atoms in total. The molecule has 1 aliphatic rings. The first-order valence-corrected chi connectivity index (χ1v) is 6.85. The van der Waals surface area contributed by atoms with Crippen LogP contribution >= 0.6 is 0 Å². The maximum Gasteiger partial charge on any atom is 0.410 e. The summed E-state index contributed by atoms with van der Waals surface area (Å²) in [6.07, 6.45) is 2.04. The second kappa shape index (κ2) is 6.12. The zero-order valence-corrected chi connectivity index (χ0v) is 12.7. The van der Waals surface area contributed by atoms with Gasteiger partial charge >= 0.3 is 11.8 Å². The molecule has 0 spiro atoms. The fourth-order valence-corrected chi connectivity index (χ4v) is 2.00. The van der Waals surface area contributed by atoms with Crippen molar-refractivity contribution in [2.45, 2.75) is 38.9 Å². The van der Waals surface area contributed by atoms with E-state index in [0.717, 1.165) is 6.20 Å². The van der Waals surface area contributed by atoms with Gasteiger partial charge in [-0.2, -0.15) is 4.98 Å². The summed E-state index contributed by atoms with van der Waals surface area (Å²) in [6, 6.07) is 0. The zero-order valence-electron chi connectivity index (χ0n) is 12.7. The number of carbonyl (C=O) groups is 1. The van der Waals surface area contributed by atoms with Gasteiger partial charge in [-0.3, -0.25) is 10.1 Å². The van der Waals surface area contributed by atoms with Crippen LogP contribution in [0.25, 0.3) is 0 Å². The molecule has 1 aliphatic heterocycles. The molecule has 0 saturated carbocycles. The van der Waals surface area contributed by atoms with Gasteiger partial charge in [-0.1, -0.05) is 0 Å². The second-order valence-electron chi connectivity index (χ2n) is 5.93. The summed E-state index contributed by atoms with van der Waals surface area (Å²) in [5.74, 6) is -0.0870. The molecule has 0 N–H and O–H groups in total. The molecule has 0 radical (unpaired) electrons. The Labute approximate surface area is 127 Å². The van der Waals surface area contributed by atoms with Crippen LogP contribution in [-0.4, -0.2) is 50.7 Å². The van der Waals surface area contributed by atoms with Crippen LogP contribution in [0.5, 0.6) is 5.88 Å². The van der Waals surface area contributed by atoms with E-state index >= 15 is 0 Å². The summed E-state index contributed by atoms with van der Waals surface area (Å²) in [6.45, 7) is 6.14. The van der Waals surface area contributed by atoms with Gasteiger partial charge in [0.1, 0.15) is 24.2 Å². The quantitative estimate of drug-likeness (QED) is 0.618. The number of ether oxygens (including phenoxy) is 2. The number of hydrogen-bond acceptors (Lipinski definition) is 7. The van der Waals surface area contributed by atoms with Gasteiger partial charge in [0.15, 0.2) is 0 Å². The summed E-state index contributed by atoms with van der Waals surface area (Å²) in [4.78, 5) is 31.1. The summed E-state index contributed by atoms with van der Waals surface area (Å²) >= 11 is 0. The minimum atomic E-state index is -0.601. The molecule has 1 fully saturated rings. The van der Waals surface area contributed by atoms with Crippen molar-refractivity contribution in [1.82, 2.24) is 14.9 Å². The van der Waals surface area contributed by atoms with Gasteiger partial charge in [-0.05, 0) is 20.8 Å². The van der Waals surface area contributed by atoms with E-state index in [9.17, 15) is 14.9 Å². The van der Waals surface area contributed by atoms with E-state index in [-0.39, 0.29) is 17.7 Å². The molecule has 2 rings (SSSR count). The minimum Gasteiger partial charge on any atom is -0.467 e. The van der Waals surface area contributed by atoms with Crippen LogP contribution in [0.15, 0.2) is 12.5 Å². The lowest BCUT2D eigenvalue weighted by molar-refractivity contribution is -0.386. The lowest BCUT2D eigenvalue weighted by atomic mass is 10.2. The van der Waals surface area contributed by atoms with Crippen LogP contribution in [0.2, 0.25) is 0 Å². The average molecular weight is 310 g/mol. The van der Waals surface area contributed by atoms with Gasteiger partial charge < -0.3 is 14.4 Å². The first kappa shape index (κ1) is 15.9. The Hall–Kier alpha value is -2.45. The maximum absolute atomic E-state index is 11.9. The van der Waals surface area contributed by atoms with Crippen LogP contribution < -0.4 is 4.74 Å². The van der Waals surface area contributed by atoms with Crippen molar-refractivity contribution in [1.29, 1.82) is 0 Å². The molecule has 2 heterocycles. The van der Waals surface area contributed by atoms with Gasteiger partial charge in [-0.15, -0.1) is 0 Å². The molecule has 1 amide bonds. The molecule has 1 atom stereocenters. The third-order valence-corrected chi connectivity index (χ3v) is 2.93. The van der Waals surface area contributed by atoms with Gasteiger partial charge in [0.05, 0.1) is 11.5 Å². The molecule has 1 aromatic rings. The van der Waals surface area contributed by atoms with Gasteiger partial charge in [0, 0.05) is 13.0 Å². The molecule has 0 aromatic carbocycles. The number of nitro groups is 1. The van der Waals surface area contributed by atoms with E-state index in [0.29, 0.717) is 19.5 Å². The molecule has 0 aliphatic carbocycles. The Balaban J connectivity index is 1.97. The van der Waals surface area contributed by atoms with E-state index in [1.165, 1.54) is 11.2 Å². The van der Waals surface area contributed by atoms with Crippen molar-refractivity contribution in [2.24, 2.45) is 0 Å². The van der Waals surface area contributed by atoms with Crippen molar-refractivity contribution < 1.29 is 19.2 Å². The fraction of sp³-hybridized carbons (Fsp3) is 0.615. The number of amides is 1. The largest absolute Gasteiger partial charge is 0.467 e. The normalized spacial score (nSPS) is 18.1. The topological polar surface area (TPSA) is 108 Å². The smallest absolute Gasteiger partial charge is 0.410 e. The van der Waals surface area contributed by atoms with Crippen LogP contribution in [0.1, 0.15) is 27.2 Å². The highest BCUT2D eigenvalue weighted by atomic mass is 16.6. The first-order valence-electron chi connectivity index (χ1n) is 6.85. The lowest BCUT2D eigenvalue weighted by Crippen LogP contribution is -2.36. The fourth-order valence-electron chi connectivity index (χ4n) is 2.00. The van der Waals surface area contributed by atoms with Gasteiger partial charge in [0.2, 0.25) is 0 Å². The Morgan fingerprint density at radius 1 is 1.50 bits per heavy atom. The highest BCUT2D eigenvalue weighted by molar-refractivity contribution is 5.68. The SMILES string of the molecule is CC(C)(C)OC(=O)N1CC[C@H](Oc2ncncc2[N+](=O)[O-])C1. The second-order valence-corrected chi connectivity index (χ2v) is 5.93. The van der Waals surface area contributed by atoms with Crippen LogP contribution in [0.4, 0.5) is 10.5 Å². The summed E-state index contributed by atoms with van der Waals surface area (Å²) in [5.41, 5.74) is -0.861. The molecule has 120 valence electrons.